The molecule has 2 nitrogen and oxygen atoms in total. The number of hydrogen-bond donors (Lipinski definition) is 1. The van der Waals surface area contributed by atoms with Gasteiger partial charge in [0.25, 0.3) is 0 Å². The van der Waals surface area contributed by atoms with Crippen molar-refractivity contribution in [2.45, 2.75) is 58.2 Å². The zero-order valence-corrected chi connectivity index (χ0v) is 7.38. The molecular formula is C9H19O2. The first-order chi connectivity index (χ1) is 5.27. The van der Waals surface area contributed by atoms with E-state index in [1.54, 1.807) is 0 Å². The highest BCUT2D eigenvalue weighted by Gasteiger charge is 1.97. The fraction of sp³-hybridized carbons (Fsp3) is 1.00. The SMILES string of the molecule is CCCCCCCCC([O])O. The minimum absolute atomic E-state index is 0.423. The van der Waals surface area contributed by atoms with Gasteiger partial charge in [-0.2, -0.15) is 0 Å². The maximum Gasteiger partial charge on any atom is 0.188 e. The Morgan fingerprint density at radius 1 is 1.09 bits per heavy atom. The molecule has 1 N–H and O–H groups in total. The maximum absolute atomic E-state index is 10.2. The molecule has 0 spiro atoms. The number of rotatable bonds is 7. The summed E-state index contributed by atoms with van der Waals surface area (Å²) < 4.78 is 0. The lowest BCUT2D eigenvalue weighted by Gasteiger charge is -2.00. The molecule has 11 heavy (non-hydrogen) atoms. The Hall–Kier alpha value is -0.0800. The van der Waals surface area contributed by atoms with Crippen LogP contribution in [0.4, 0.5) is 0 Å². The molecule has 0 heterocycles. The molecule has 0 fully saturated rings. The topological polar surface area (TPSA) is 40.1 Å². The third-order valence-corrected chi connectivity index (χ3v) is 1.80. The second kappa shape index (κ2) is 8.02. The second-order valence-electron chi connectivity index (χ2n) is 3.01. The van der Waals surface area contributed by atoms with E-state index in [-0.39, 0.29) is 0 Å². The zero-order chi connectivity index (χ0) is 8.53. The van der Waals surface area contributed by atoms with Gasteiger partial charge in [-0.25, -0.2) is 5.11 Å². The quantitative estimate of drug-likeness (QED) is 0.450. The van der Waals surface area contributed by atoms with Crippen molar-refractivity contribution in [1.82, 2.24) is 0 Å². The van der Waals surface area contributed by atoms with Crippen LogP contribution in [-0.2, 0) is 5.11 Å². The average Bonchev–Trinajstić information content (AvgIpc) is 1.96. The van der Waals surface area contributed by atoms with E-state index in [0.29, 0.717) is 6.42 Å². The summed E-state index contributed by atoms with van der Waals surface area (Å²) in [6, 6.07) is 0. The van der Waals surface area contributed by atoms with E-state index in [0.717, 1.165) is 12.8 Å². The van der Waals surface area contributed by atoms with Crippen molar-refractivity contribution in [3.05, 3.63) is 0 Å². The molecule has 1 radical (unpaired) electrons. The summed E-state index contributed by atoms with van der Waals surface area (Å²) in [7, 11) is 0. The summed E-state index contributed by atoms with van der Waals surface area (Å²) in [4.78, 5) is 0. The van der Waals surface area contributed by atoms with Crippen LogP contribution in [0.25, 0.3) is 0 Å². The Kier molecular flexibility index (Phi) is 7.96. The molecule has 2 heteroatoms. The van der Waals surface area contributed by atoms with E-state index < -0.39 is 6.29 Å². The molecule has 0 aliphatic heterocycles. The van der Waals surface area contributed by atoms with E-state index in [4.69, 9.17) is 5.11 Å². The van der Waals surface area contributed by atoms with Crippen molar-refractivity contribution < 1.29 is 10.2 Å². The third-order valence-electron chi connectivity index (χ3n) is 1.80. The van der Waals surface area contributed by atoms with E-state index in [1.165, 1.54) is 25.7 Å². The number of hydrogen-bond acceptors (Lipinski definition) is 1. The molecule has 1 unspecified atom stereocenters. The van der Waals surface area contributed by atoms with Crippen molar-refractivity contribution in [3.8, 4) is 0 Å². The predicted octanol–water partition coefficient (Wildman–Crippen LogP) is 2.49. The van der Waals surface area contributed by atoms with Gasteiger partial charge >= 0.3 is 0 Å². The van der Waals surface area contributed by atoms with Gasteiger partial charge < -0.3 is 5.11 Å². The van der Waals surface area contributed by atoms with Crippen molar-refractivity contribution in [1.29, 1.82) is 0 Å². The smallest absolute Gasteiger partial charge is 0.188 e. The van der Waals surface area contributed by atoms with Crippen molar-refractivity contribution in [3.63, 3.8) is 0 Å². The molecule has 67 valence electrons. The van der Waals surface area contributed by atoms with Gasteiger partial charge in [-0.1, -0.05) is 39.0 Å². The predicted molar refractivity (Wildman–Crippen MR) is 44.7 cm³/mol. The molecule has 0 saturated heterocycles. The van der Waals surface area contributed by atoms with Crippen LogP contribution in [0.5, 0.6) is 0 Å². The standard InChI is InChI=1S/C9H19O2/c1-2-3-4-5-6-7-8-9(10)11/h9-10H,2-8H2,1H3. The van der Waals surface area contributed by atoms with Crippen molar-refractivity contribution in [2.24, 2.45) is 0 Å². The third kappa shape index (κ3) is 9.92. The first-order valence-electron chi connectivity index (χ1n) is 4.61. The normalized spacial score (nSPS) is 10.9. The number of unbranched alkanes of at least 4 members (excludes halogenated alkanes) is 5. The fourth-order valence-corrected chi connectivity index (χ4v) is 1.10. The monoisotopic (exact) mass is 159 g/mol. The molecule has 0 aromatic carbocycles. The Balaban J connectivity index is 2.80. The largest absolute Gasteiger partial charge is 0.366 e. The molecule has 0 bridgehead atoms. The van der Waals surface area contributed by atoms with Crippen LogP contribution >= 0.6 is 0 Å². The fourth-order valence-electron chi connectivity index (χ4n) is 1.10. The van der Waals surface area contributed by atoms with Gasteiger partial charge in [0.05, 0.1) is 0 Å². The summed E-state index contributed by atoms with van der Waals surface area (Å²) >= 11 is 0. The van der Waals surface area contributed by atoms with Crippen LogP contribution in [0.1, 0.15) is 51.9 Å². The van der Waals surface area contributed by atoms with Gasteiger partial charge in [0, 0.05) is 6.42 Å². The molecule has 1 atom stereocenters. The molecule has 0 aromatic rings. The lowest BCUT2D eigenvalue weighted by atomic mass is 10.1. The van der Waals surface area contributed by atoms with Gasteiger partial charge in [-0.15, -0.1) is 0 Å². The first kappa shape index (κ1) is 10.9. The summed E-state index contributed by atoms with van der Waals surface area (Å²) in [5.41, 5.74) is 0. The highest BCUT2D eigenvalue weighted by molar-refractivity contribution is 4.45. The molecule has 0 aromatic heterocycles. The van der Waals surface area contributed by atoms with Crippen LogP contribution in [0, 0.1) is 0 Å². The molecule has 0 amide bonds. The lowest BCUT2D eigenvalue weighted by Crippen LogP contribution is -2.00. The Labute approximate surface area is 69.2 Å². The van der Waals surface area contributed by atoms with Gasteiger partial charge in [0.1, 0.15) is 0 Å². The highest BCUT2D eigenvalue weighted by atomic mass is 16.5. The van der Waals surface area contributed by atoms with E-state index in [1.807, 2.05) is 0 Å². The van der Waals surface area contributed by atoms with Crippen LogP contribution in [0.2, 0.25) is 0 Å². The Bertz CT molecular complexity index is 72.0. The minimum atomic E-state index is -1.35. The second-order valence-corrected chi connectivity index (χ2v) is 3.01. The van der Waals surface area contributed by atoms with Gasteiger partial charge in [0.2, 0.25) is 0 Å². The minimum Gasteiger partial charge on any atom is -0.366 e. The summed E-state index contributed by atoms with van der Waals surface area (Å²) in [5.74, 6) is 0. The van der Waals surface area contributed by atoms with Gasteiger partial charge in [-0.05, 0) is 6.42 Å². The summed E-state index contributed by atoms with van der Waals surface area (Å²) in [6.45, 7) is 2.18. The summed E-state index contributed by atoms with van der Waals surface area (Å²) in [5, 5.41) is 18.6. The summed E-state index contributed by atoms with van der Waals surface area (Å²) in [6.07, 6.45) is 6.08. The van der Waals surface area contributed by atoms with Crippen LogP contribution in [-0.4, -0.2) is 11.4 Å². The maximum atomic E-state index is 10.2. The van der Waals surface area contributed by atoms with E-state index in [2.05, 4.69) is 6.92 Å². The van der Waals surface area contributed by atoms with E-state index >= 15 is 0 Å². The molecule has 0 aliphatic rings. The lowest BCUT2D eigenvalue weighted by molar-refractivity contribution is -0.0968. The van der Waals surface area contributed by atoms with Crippen molar-refractivity contribution in [2.75, 3.05) is 0 Å². The van der Waals surface area contributed by atoms with Crippen molar-refractivity contribution >= 4 is 0 Å². The van der Waals surface area contributed by atoms with Crippen LogP contribution in [0.15, 0.2) is 0 Å². The highest BCUT2D eigenvalue weighted by Crippen LogP contribution is 2.07. The molecular weight excluding hydrogens is 140 g/mol. The molecule has 0 saturated carbocycles. The Morgan fingerprint density at radius 3 is 2.18 bits per heavy atom. The first-order valence-corrected chi connectivity index (χ1v) is 4.61. The van der Waals surface area contributed by atoms with Crippen LogP contribution < -0.4 is 0 Å². The number of aliphatic hydroxyl groups is 1. The van der Waals surface area contributed by atoms with E-state index in [9.17, 15) is 5.11 Å². The average molecular weight is 159 g/mol. The van der Waals surface area contributed by atoms with Crippen LogP contribution in [0.3, 0.4) is 0 Å². The molecule has 0 aliphatic carbocycles. The number of aliphatic hydroxyl groups excluding tert-OH is 1. The molecule has 0 rings (SSSR count). The zero-order valence-electron chi connectivity index (χ0n) is 7.38. The Morgan fingerprint density at radius 2 is 1.64 bits per heavy atom. The van der Waals surface area contributed by atoms with Gasteiger partial charge in [0.15, 0.2) is 6.29 Å². The van der Waals surface area contributed by atoms with Gasteiger partial charge in [-0.3, -0.25) is 0 Å².